The fraction of sp³-hybridized carbons (Fsp3) is 0.570. The molecule has 5 fully saturated rings. The molecule has 4 aromatic rings. The highest BCUT2D eigenvalue weighted by molar-refractivity contribution is 8.21. The van der Waals surface area contributed by atoms with Gasteiger partial charge in [0.05, 0.1) is 66.1 Å². The third-order valence-corrected chi connectivity index (χ3v) is 28.4. The smallest absolute Gasteiger partial charge is 0.410 e. The molecule has 6 heterocycles. The molecule has 0 spiro atoms. The molecule has 6 N–H and O–H groups in total. The summed E-state index contributed by atoms with van der Waals surface area (Å²) in [4.78, 5) is 194. The number of imide groups is 2. The normalized spacial score (nSPS) is 20.9. The highest BCUT2D eigenvalue weighted by Gasteiger charge is 2.55. The van der Waals surface area contributed by atoms with Crippen LogP contribution in [0.25, 0.3) is 0 Å². The second-order valence-electron chi connectivity index (χ2n) is 30.1. The van der Waals surface area contributed by atoms with Gasteiger partial charge < -0.3 is 55.9 Å². The zero-order valence-corrected chi connectivity index (χ0v) is 69.3. The molecule has 5 aliphatic heterocycles. The van der Waals surface area contributed by atoms with E-state index in [2.05, 4.69) is 26.3 Å². The predicted octanol–water partition coefficient (Wildman–Crippen LogP) is 9.50. The lowest BCUT2D eigenvalue weighted by Crippen LogP contribution is -2.54. The standard InChI is InChI=1S/C79H105N11O16S5/c1-14-45(8)63(59(104-12)38-60(93)88-30-19-23-56(88)64(105-13)46(9)69(94)84-55(72-81-29-31-107-72)32-47-20-16-15-17-21-47)86(10)73(97)54(42(2)3)37-58(92)62(44(6)7)87(11)79(103)106-39-48-24-26-51(27-25-48)83-70(95)49(22-18-28-82-78(80)102)35-57(91)61(43(4)5)85-71(96)50-33-52(89-74(98)65-66(75(89)99)109-40-108-65)36-53(34-50)90-76(100)67-68(77(90)101)111-41-110-67/h15-17,20-21,24-27,29,31,33-34,36,42-46,49,54-56,59,61-68H,14,18-19,22-23,28,30,32,35,37-41H2,1-13H3,(H,83,95)(H,84,94)(H,85,96)(H3,80,82,102)/t45-,46+,49+,54-,55-,56-,59+,61-,62-,63-,64+,65?,66?,67?,68?/m0/s1. The molecule has 0 aliphatic carbocycles. The summed E-state index contributed by atoms with van der Waals surface area (Å²) in [7, 11) is 6.23. The minimum atomic E-state index is -1.20. The van der Waals surface area contributed by atoms with E-state index in [4.69, 9.17) is 19.9 Å². The molecule has 12 amide bonds. The summed E-state index contributed by atoms with van der Waals surface area (Å²) in [6, 6.07) is 15.9. The SMILES string of the molecule is CC[C@H](C)[C@@H]([C@@H](CC(=O)N1CCC[C@H]1[C@H](OC)[C@@H](C)C(=O)N[C@@H](Cc1ccccc1)c1nccs1)OC)N(C)C(=O)[C@@H](CC(=O)[C@H](C(C)C)N(C)C(=O)OCc1ccc(NC(=O)[C@H](CCCNC(N)=O)CC(=O)[C@@H](NC(=O)c2cc(N3C(=O)C4SCSC4C3=O)cc(N3C(=O)C4SCSC4C3=O)c2)C(C)C)cc1)C(C)C. The molecule has 4 unspecified atom stereocenters. The van der Waals surface area contributed by atoms with E-state index in [0.29, 0.717) is 53.6 Å². The van der Waals surface area contributed by atoms with Gasteiger partial charge in [-0.05, 0) is 97.2 Å². The van der Waals surface area contributed by atoms with Crippen LogP contribution in [0.1, 0.15) is 146 Å². The third kappa shape index (κ3) is 20.9. The first-order chi connectivity index (χ1) is 52.9. The van der Waals surface area contributed by atoms with Crippen molar-refractivity contribution >= 4 is 152 Å². The number of Topliss-reactive ketones (excluding diaryl/α,β-unsaturated/α-hetero) is 2. The first-order valence-electron chi connectivity index (χ1n) is 37.8. The maximum absolute atomic E-state index is 15.0. The van der Waals surface area contributed by atoms with Gasteiger partial charge in [-0.15, -0.1) is 58.4 Å². The second-order valence-corrected chi connectivity index (χ2v) is 36.3. The zero-order valence-electron chi connectivity index (χ0n) is 65.2. The van der Waals surface area contributed by atoms with Crippen LogP contribution in [0.15, 0.2) is 84.4 Å². The Morgan fingerprint density at radius 3 is 1.81 bits per heavy atom. The van der Waals surface area contributed by atoms with E-state index in [1.54, 1.807) is 82.1 Å². The molecule has 602 valence electrons. The van der Waals surface area contributed by atoms with Crippen molar-refractivity contribution in [2.75, 3.05) is 66.7 Å². The van der Waals surface area contributed by atoms with E-state index in [-0.39, 0.29) is 104 Å². The fourth-order valence-electron chi connectivity index (χ4n) is 15.4. The van der Waals surface area contributed by atoms with Gasteiger partial charge in [0.1, 0.15) is 32.6 Å². The van der Waals surface area contributed by atoms with Crippen LogP contribution in [-0.4, -0.2) is 205 Å². The summed E-state index contributed by atoms with van der Waals surface area (Å²) >= 11 is 6.79. The van der Waals surface area contributed by atoms with Gasteiger partial charge in [0.2, 0.25) is 47.3 Å². The minimum absolute atomic E-state index is 0.00952. The number of fused-ring (bicyclic) bond motifs is 2. The molecular weight excluding hydrogens is 1520 g/mol. The van der Waals surface area contributed by atoms with Crippen LogP contribution < -0.4 is 36.8 Å². The van der Waals surface area contributed by atoms with E-state index >= 15 is 4.79 Å². The number of aromatic nitrogens is 1. The molecule has 15 atom stereocenters. The number of carbonyl (C=O) groups excluding carboxylic acids is 13. The number of primary amides is 1. The number of amides is 12. The lowest BCUT2D eigenvalue weighted by atomic mass is 9.83. The lowest BCUT2D eigenvalue weighted by molar-refractivity contribution is -0.149. The number of benzene rings is 3. The molecule has 0 saturated carbocycles. The summed E-state index contributed by atoms with van der Waals surface area (Å²) < 4.78 is 18.1. The van der Waals surface area contributed by atoms with Gasteiger partial charge in [-0.3, -0.25) is 52.7 Å². The number of urea groups is 1. The number of likely N-dealkylation sites (N-methyl/N-ethyl adjacent to an activating group) is 2. The summed E-state index contributed by atoms with van der Waals surface area (Å²) in [5, 5.41) is 12.5. The number of thiazole rings is 1. The molecule has 9 rings (SSSR count). The molecule has 1 aromatic heterocycles. The number of likely N-dealkylation sites (tertiary alicyclic amines) is 1. The number of nitrogens with two attached hydrogens (primary N) is 1. The van der Waals surface area contributed by atoms with Gasteiger partial charge >= 0.3 is 12.1 Å². The van der Waals surface area contributed by atoms with E-state index in [1.165, 1.54) is 95.6 Å². The van der Waals surface area contributed by atoms with E-state index < -0.39 is 140 Å². The largest absolute Gasteiger partial charge is 0.445 e. The number of ether oxygens (including phenoxy) is 3. The van der Waals surface area contributed by atoms with Crippen LogP contribution >= 0.6 is 58.4 Å². The van der Waals surface area contributed by atoms with Crippen molar-refractivity contribution in [3.05, 3.63) is 106 Å². The number of nitrogens with one attached hydrogen (secondary N) is 4. The van der Waals surface area contributed by atoms with Crippen molar-refractivity contribution in [2.24, 2.45) is 47.2 Å². The quantitative estimate of drug-likeness (QED) is 0.0206. The number of ketones is 2. The van der Waals surface area contributed by atoms with Gasteiger partial charge in [0, 0.05) is 99.1 Å². The number of hydrogen-bond donors (Lipinski definition) is 5. The first kappa shape index (κ1) is 87.1. The Balaban J connectivity index is 0.808. The molecular formula is C79H105N11O16S5. The number of thioether (sulfide) groups is 4. The van der Waals surface area contributed by atoms with Gasteiger partial charge in [-0.1, -0.05) is 111 Å². The molecule has 5 saturated heterocycles. The maximum atomic E-state index is 15.0. The molecule has 32 heteroatoms. The number of methoxy groups -OCH3 is 2. The Morgan fingerprint density at radius 1 is 0.685 bits per heavy atom. The highest BCUT2D eigenvalue weighted by atomic mass is 32.2. The summed E-state index contributed by atoms with van der Waals surface area (Å²) in [6.45, 7) is 16.8. The van der Waals surface area contributed by atoms with Crippen LogP contribution in [0.5, 0.6) is 0 Å². The van der Waals surface area contributed by atoms with Crippen LogP contribution in [0.3, 0.4) is 0 Å². The van der Waals surface area contributed by atoms with Crippen LogP contribution in [-0.2, 0) is 75.2 Å². The molecule has 111 heavy (non-hydrogen) atoms. The lowest BCUT2D eigenvalue weighted by Gasteiger charge is -2.41. The van der Waals surface area contributed by atoms with Crippen LogP contribution in [0.2, 0.25) is 0 Å². The van der Waals surface area contributed by atoms with Crippen molar-refractivity contribution < 1.29 is 76.5 Å². The Labute approximate surface area is 670 Å². The van der Waals surface area contributed by atoms with E-state index in [1.807, 2.05) is 70.3 Å². The number of hydrogen-bond acceptors (Lipinski definition) is 22. The molecule has 0 bridgehead atoms. The van der Waals surface area contributed by atoms with E-state index in [0.717, 1.165) is 20.4 Å². The van der Waals surface area contributed by atoms with Gasteiger partial charge in [-0.2, -0.15) is 0 Å². The fourth-order valence-corrected chi connectivity index (χ4v) is 22.2. The number of carbonyl (C=O) groups is 13. The average molecular weight is 1630 g/mol. The predicted molar refractivity (Wildman–Crippen MR) is 432 cm³/mol. The zero-order chi connectivity index (χ0) is 80.8. The first-order valence-corrected chi connectivity index (χ1v) is 42.9. The van der Waals surface area contributed by atoms with Gasteiger partial charge in [-0.25, -0.2) is 24.4 Å². The number of nitrogens with zero attached hydrogens (tertiary/aromatic N) is 6. The molecule has 27 nitrogen and oxygen atoms in total. The third-order valence-electron chi connectivity index (χ3n) is 21.6. The Hall–Kier alpha value is -7.88. The minimum Gasteiger partial charge on any atom is -0.445 e. The summed E-state index contributed by atoms with van der Waals surface area (Å²) in [5.74, 6) is -8.88. The topological polar surface area (TPSA) is 353 Å². The monoisotopic (exact) mass is 1620 g/mol. The average Bonchev–Trinajstić information content (AvgIpc) is 1.60. The maximum Gasteiger partial charge on any atom is 0.410 e. The number of anilines is 3. The van der Waals surface area contributed by atoms with Gasteiger partial charge in [0.25, 0.3) is 5.91 Å². The van der Waals surface area contributed by atoms with Crippen molar-refractivity contribution in [1.29, 1.82) is 0 Å². The molecule has 3 aromatic carbocycles. The Morgan fingerprint density at radius 2 is 1.29 bits per heavy atom. The van der Waals surface area contributed by atoms with Crippen molar-refractivity contribution in [1.82, 2.24) is 35.6 Å². The van der Waals surface area contributed by atoms with Gasteiger partial charge in [0.15, 0.2) is 11.6 Å². The van der Waals surface area contributed by atoms with Crippen LogP contribution in [0.4, 0.5) is 26.7 Å². The Bertz CT molecular complexity index is 3910. The van der Waals surface area contributed by atoms with Crippen LogP contribution in [0, 0.1) is 41.4 Å². The second kappa shape index (κ2) is 39.7. The van der Waals surface area contributed by atoms with E-state index in [9.17, 15) is 57.5 Å². The summed E-state index contributed by atoms with van der Waals surface area (Å²) in [6.07, 6.45) is 1.67. The number of rotatable bonds is 38. The van der Waals surface area contributed by atoms with Crippen molar-refractivity contribution in [2.45, 2.75) is 190 Å². The van der Waals surface area contributed by atoms with Crippen molar-refractivity contribution in [3.63, 3.8) is 0 Å². The Kier molecular flexibility index (Phi) is 31.2. The van der Waals surface area contributed by atoms with Crippen molar-refractivity contribution in [3.8, 4) is 0 Å². The highest BCUT2D eigenvalue weighted by Crippen LogP contribution is 2.47. The summed E-state index contributed by atoms with van der Waals surface area (Å²) in [5.41, 5.74) is 7.07. The molecule has 5 aliphatic rings. The molecule has 0 radical (unpaired) electrons.